The lowest BCUT2D eigenvalue weighted by Gasteiger charge is -2.30. The van der Waals surface area contributed by atoms with Crippen molar-refractivity contribution in [3.05, 3.63) is 36.4 Å². The van der Waals surface area contributed by atoms with Gasteiger partial charge in [0.25, 0.3) is 0 Å². The lowest BCUT2D eigenvalue weighted by molar-refractivity contribution is -0.142. The normalized spacial score (nSPS) is 19.3. The molecule has 1 fully saturated rings. The molecule has 0 aromatic heterocycles. The summed E-state index contributed by atoms with van der Waals surface area (Å²) < 4.78 is 32.7. The molecular formula is C17H19NO5S. The zero-order chi connectivity index (χ0) is 17.3. The largest absolute Gasteiger partial charge is 0.496 e. The van der Waals surface area contributed by atoms with Crippen molar-refractivity contribution in [1.82, 2.24) is 4.31 Å². The van der Waals surface area contributed by atoms with Crippen molar-refractivity contribution in [2.24, 2.45) is 5.92 Å². The summed E-state index contributed by atoms with van der Waals surface area (Å²) in [5.74, 6) is -1.00. The number of nitrogens with zero attached hydrogens (tertiary/aromatic N) is 1. The van der Waals surface area contributed by atoms with E-state index in [4.69, 9.17) is 4.74 Å². The van der Waals surface area contributed by atoms with E-state index in [1.807, 2.05) is 12.1 Å². The van der Waals surface area contributed by atoms with Crippen LogP contribution in [0.25, 0.3) is 10.8 Å². The van der Waals surface area contributed by atoms with Crippen molar-refractivity contribution in [1.29, 1.82) is 0 Å². The first-order valence-corrected chi connectivity index (χ1v) is 9.18. The highest BCUT2D eigenvalue weighted by molar-refractivity contribution is 7.89. The van der Waals surface area contributed by atoms with Crippen LogP contribution in [0.2, 0.25) is 0 Å². The Balaban J connectivity index is 2.07. The predicted octanol–water partition coefficient (Wildman–Crippen LogP) is 2.33. The van der Waals surface area contributed by atoms with E-state index in [1.54, 1.807) is 18.2 Å². The van der Waals surface area contributed by atoms with E-state index < -0.39 is 21.9 Å². The number of piperidine rings is 1. The molecule has 0 bridgehead atoms. The molecule has 1 unspecified atom stereocenters. The molecule has 0 amide bonds. The highest BCUT2D eigenvalue weighted by atomic mass is 32.2. The first-order valence-electron chi connectivity index (χ1n) is 7.74. The standard InChI is InChI=1S/C17H19NO5S/c1-23-15-8-9-16(14-7-3-2-6-13(14)15)24(21,22)18-10-4-5-12(11-18)17(19)20/h2-3,6-9,12H,4-5,10-11H2,1H3,(H,19,20). The molecule has 128 valence electrons. The van der Waals surface area contributed by atoms with Gasteiger partial charge < -0.3 is 9.84 Å². The second kappa shape index (κ2) is 6.41. The highest BCUT2D eigenvalue weighted by Gasteiger charge is 2.34. The maximum absolute atomic E-state index is 13.1. The number of carboxylic acids is 1. The van der Waals surface area contributed by atoms with Crippen molar-refractivity contribution in [3.63, 3.8) is 0 Å². The molecule has 0 radical (unpaired) electrons. The molecule has 0 spiro atoms. The lowest BCUT2D eigenvalue weighted by atomic mass is 10.0. The van der Waals surface area contributed by atoms with Crippen LogP contribution in [-0.4, -0.2) is 44.0 Å². The van der Waals surface area contributed by atoms with E-state index in [0.29, 0.717) is 35.9 Å². The van der Waals surface area contributed by atoms with Gasteiger partial charge in [-0.05, 0) is 25.0 Å². The van der Waals surface area contributed by atoms with Crippen LogP contribution in [0, 0.1) is 5.92 Å². The third-order valence-corrected chi connectivity index (χ3v) is 6.34. The van der Waals surface area contributed by atoms with Crippen molar-refractivity contribution >= 4 is 26.8 Å². The van der Waals surface area contributed by atoms with Gasteiger partial charge in [0, 0.05) is 23.9 Å². The van der Waals surface area contributed by atoms with Gasteiger partial charge in [-0.3, -0.25) is 4.79 Å². The van der Waals surface area contributed by atoms with Gasteiger partial charge >= 0.3 is 5.97 Å². The minimum atomic E-state index is -3.77. The van der Waals surface area contributed by atoms with Crippen LogP contribution >= 0.6 is 0 Å². The van der Waals surface area contributed by atoms with Gasteiger partial charge in [0.1, 0.15) is 5.75 Å². The number of benzene rings is 2. The molecule has 3 rings (SSSR count). The molecule has 6 nitrogen and oxygen atoms in total. The molecule has 1 saturated heterocycles. The van der Waals surface area contributed by atoms with Gasteiger partial charge in [-0.15, -0.1) is 0 Å². The minimum absolute atomic E-state index is 0.0119. The second-order valence-electron chi connectivity index (χ2n) is 5.85. The first kappa shape index (κ1) is 16.7. The number of ether oxygens (including phenoxy) is 1. The van der Waals surface area contributed by atoms with Crippen LogP contribution in [0.3, 0.4) is 0 Å². The molecular weight excluding hydrogens is 330 g/mol. The van der Waals surface area contributed by atoms with E-state index in [-0.39, 0.29) is 11.4 Å². The first-order chi connectivity index (χ1) is 11.4. The Morgan fingerprint density at radius 3 is 2.58 bits per heavy atom. The van der Waals surface area contributed by atoms with Crippen LogP contribution in [0.5, 0.6) is 5.75 Å². The van der Waals surface area contributed by atoms with E-state index in [9.17, 15) is 18.3 Å². The van der Waals surface area contributed by atoms with Gasteiger partial charge in [-0.25, -0.2) is 8.42 Å². The Labute approximate surface area is 140 Å². The van der Waals surface area contributed by atoms with E-state index >= 15 is 0 Å². The zero-order valence-electron chi connectivity index (χ0n) is 13.3. The van der Waals surface area contributed by atoms with Gasteiger partial charge in [0.2, 0.25) is 10.0 Å². The van der Waals surface area contributed by atoms with E-state index in [0.717, 1.165) is 0 Å². The molecule has 0 saturated carbocycles. The smallest absolute Gasteiger partial charge is 0.307 e. The fraction of sp³-hybridized carbons (Fsp3) is 0.353. The molecule has 1 atom stereocenters. The van der Waals surface area contributed by atoms with Gasteiger partial charge in [0.05, 0.1) is 17.9 Å². The zero-order valence-corrected chi connectivity index (χ0v) is 14.1. The molecule has 1 aliphatic heterocycles. The highest BCUT2D eigenvalue weighted by Crippen LogP contribution is 2.33. The molecule has 1 aliphatic rings. The van der Waals surface area contributed by atoms with Crippen LogP contribution in [0.4, 0.5) is 0 Å². The van der Waals surface area contributed by atoms with Crippen LogP contribution in [0.1, 0.15) is 12.8 Å². The number of rotatable bonds is 4. The van der Waals surface area contributed by atoms with Crippen LogP contribution in [0.15, 0.2) is 41.3 Å². The number of fused-ring (bicyclic) bond motifs is 1. The Bertz CT molecular complexity index is 878. The van der Waals surface area contributed by atoms with Gasteiger partial charge in [0.15, 0.2) is 0 Å². The fourth-order valence-corrected chi connectivity index (χ4v) is 4.87. The summed E-state index contributed by atoms with van der Waals surface area (Å²) in [5.41, 5.74) is 0. The number of aliphatic carboxylic acids is 1. The quantitative estimate of drug-likeness (QED) is 0.916. The van der Waals surface area contributed by atoms with Gasteiger partial charge in [-0.1, -0.05) is 24.3 Å². The molecule has 2 aromatic rings. The summed E-state index contributed by atoms with van der Waals surface area (Å²) in [6.45, 7) is 0.352. The number of carboxylic acid groups (broad SMARTS) is 1. The van der Waals surface area contributed by atoms with Crippen molar-refractivity contribution < 1.29 is 23.1 Å². The van der Waals surface area contributed by atoms with Gasteiger partial charge in [-0.2, -0.15) is 4.31 Å². The maximum Gasteiger partial charge on any atom is 0.307 e. The number of carbonyl (C=O) groups is 1. The fourth-order valence-electron chi connectivity index (χ4n) is 3.15. The summed E-state index contributed by atoms with van der Waals surface area (Å²) in [6.07, 6.45) is 1.05. The molecule has 2 aromatic carbocycles. The van der Waals surface area contributed by atoms with Crippen molar-refractivity contribution in [2.75, 3.05) is 20.2 Å². The molecule has 7 heteroatoms. The minimum Gasteiger partial charge on any atom is -0.496 e. The number of hydrogen-bond acceptors (Lipinski definition) is 4. The topological polar surface area (TPSA) is 83.9 Å². The van der Waals surface area contributed by atoms with Crippen LogP contribution in [-0.2, 0) is 14.8 Å². The molecule has 1 heterocycles. The summed E-state index contributed by atoms with van der Waals surface area (Å²) >= 11 is 0. The Hall–Kier alpha value is -2.12. The Morgan fingerprint density at radius 1 is 1.21 bits per heavy atom. The molecule has 0 aliphatic carbocycles. The van der Waals surface area contributed by atoms with E-state index in [1.165, 1.54) is 17.5 Å². The molecule has 24 heavy (non-hydrogen) atoms. The summed E-state index contributed by atoms with van der Waals surface area (Å²) in [6, 6.07) is 10.3. The third-order valence-electron chi connectivity index (χ3n) is 4.42. The van der Waals surface area contributed by atoms with E-state index in [2.05, 4.69) is 0 Å². The lowest BCUT2D eigenvalue weighted by Crippen LogP contribution is -2.42. The summed E-state index contributed by atoms with van der Waals surface area (Å²) in [7, 11) is -2.23. The Kier molecular flexibility index (Phi) is 4.47. The van der Waals surface area contributed by atoms with Crippen molar-refractivity contribution in [3.8, 4) is 5.75 Å². The average Bonchev–Trinajstić information content (AvgIpc) is 2.60. The average molecular weight is 349 g/mol. The predicted molar refractivity (Wildman–Crippen MR) is 89.6 cm³/mol. The van der Waals surface area contributed by atoms with Crippen molar-refractivity contribution in [2.45, 2.75) is 17.7 Å². The SMILES string of the molecule is COc1ccc(S(=O)(=O)N2CCCC(C(=O)O)C2)c2ccccc12. The van der Waals surface area contributed by atoms with Crippen LogP contribution < -0.4 is 4.74 Å². The summed E-state index contributed by atoms with van der Waals surface area (Å²) in [5, 5.41) is 10.5. The molecule has 1 N–H and O–H groups in total. The Morgan fingerprint density at radius 2 is 1.92 bits per heavy atom. The summed E-state index contributed by atoms with van der Waals surface area (Å²) in [4.78, 5) is 11.4. The maximum atomic E-state index is 13.1. The number of methoxy groups -OCH3 is 1. The number of hydrogen-bond donors (Lipinski definition) is 1. The second-order valence-corrected chi connectivity index (χ2v) is 7.76. The number of sulfonamides is 1. The monoisotopic (exact) mass is 349 g/mol. The third kappa shape index (κ3) is 2.85.